The van der Waals surface area contributed by atoms with E-state index in [-0.39, 0.29) is 34.8 Å². The van der Waals surface area contributed by atoms with Crippen LogP contribution in [-0.2, 0) is 10.0 Å². The van der Waals surface area contributed by atoms with Gasteiger partial charge < -0.3 is 25.2 Å². The van der Waals surface area contributed by atoms with Crippen LogP contribution in [0.5, 0.6) is 11.6 Å². The summed E-state index contributed by atoms with van der Waals surface area (Å²) in [4.78, 5) is 21.6. The van der Waals surface area contributed by atoms with Crippen LogP contribution in [0.25, 0.3) is 11.0 Å². The van der Waals surface area contributed by atoms with Gasteiger partial charge in [0, 0.05) is 18.3 Å². The third-order valence-corrected chi connectivity index (χ3v) is 7.41. The molecule has 0 atom stereocenters. The number of nitrogens with zero attached hydrogens (tertiary/aromatic N) is 3. The van der Waals surface area contributed by atoms with Crippen LogP contribution in [0.4, 0.5) is 11.6 Å². The quantitative estimate of drug-likeness (QED) is 0.268. The fourth-order valence-electron chi connectivity index (χ4n) is 3.74. The summed E-state index contributed by atoms with van der Waals surface area (Å²) >= 11 is 0. The largest absolute Gasteiger partial charge is 0.495 e. The van der Waals surface area contributed by atoms with Crippen LogP contribution in [-0.4, -0.2) is 59.2 Å². The van der Waals surface area contributed by atoms with Crippen molar-refractivity contribution < 1.29 is 27.8 Å². The number of hydrogen-bond acceptors (Lipinski definition) is 9. The summed E-state index contributed by atoms with van der Waals surface area (Å²) in [5.74, 6) is 0.236. The Balaban J connectivity index is 1.72. The molecule has 0 aliphatic carbocycles. The molecule has 12 heteroatoms. The van der Waals surface area contributed by atoms with E-state index in [1.165, 1.54) is 19.4 Å². The Morgan fingerprint density at radius 3 is 2.46 bits per heavy atom. The molecular formula is C27H31N5O6S. The van der Waals surface area contributed by atoms with E-state index in [1.54, 1.807) is 63.2 Å². The summed E-state index contributed by atoms with van der Waals surface area (Å²) in [6.45, 7) is 7.25. The summed E-state index contributed by atoms with van der Waals surface area (Å²) < 4.78 is 39.2. The SMILES string of the molecule is CCOc1nc(Nc2ccc(C(=O)NCC(C)(C)O)cc2OC)nc2c1ccn2S(=O)(=O)c1ccc(C)cc1. The number of hydrogen-bond donors (Lipinski definition) is 3. The van der Waals surface area contributed by atoms with Crippen molar-refractivity contribution in [2.45, 2.75) is 38.2 Å². The van der Waals surface area contributed by atoms with Gasteiger partial charge in [-0.1, -0.05) is 17.7 Å². The van der Waals surface area contributed by atoms with Crippen LogP contribution in [0.15, 0.2) is 59.6 Å². The maximum atomic E-state index is 13.4. The summed E-state index contributed by atoms with van der Waals surface area (Å²) in [7, 11) is -2.50. The Morgan fingerprint density at radius 2 is 1.82 bits per heavy atom. The first kappa shape index (κ1) is 27.9. The summed E-state index contributed by atoms with van der Waals surface area (Å²) in [5, 5.41) is 16.0. The topological polar surface area (TPSA) is 145 Å². The minimum atomic E-state index is -3.95. The van der Waals surface area contributed by atoms with Gasteiger partial charge in [0.1, 0.15) is 5.75 Å². The lowest BCUT2D eigenvalue weighted by Crippen LogP contribution is -2.38. The Labute approximate surface area is 226 Å². The third kappa shape index (κ3) is 6.13. The maximum absolute atomic E-state index is 13.4. The number of carbonyl (C=O) groups excluding carboxylic acids is 1. The summed E-state index contributed by atoms with van der Waals surface area (Å²) in [6, 6.07) is 12.9. The molecule has 2 aromatic heterocycles. The molecule has 206 valence electrons. The van der Waals surface area contributed by atoms with E-state index in [9.17, 15) is 18.3 Å². The van der Waals surface area contributed by atoms with Gasteiger partial charge >= 0.3 is 0 Å². The highest BCUT2D eigenvalue weighted by Crippen LogP contribution is 2.32. The molecule has 0 unspecified atom stereocenters. The van der Waals surface area contributed by atoms with Crippen molar-refractivity contribution in [2.24, 2.45) is 0 Å². The number of aliphatic hydroxyl groups is 1. The molecule has 2 heterocycles. The number of carbonyl (C=O) groups is 1. The number of benzene rings is 2. The normalized spacial score (nSPS) is 11.8. The molecule has 3 N–H and O–H groups in total. The Hall–Kier alpha value is -4.16. The lowest BCUT2D eigenvalue weighted by atomic mass is 10.1. The van der Waals surface area contributed by atoms with Crippen molar-refractivity contribution in [1.82, 2.24) is 19.3 Å². The molecule has 0 saturated carbocycles. The molecule has 0 saturated heterocycles. The first-order valence-electron chi connectivity index (χ1n) is 12.2. The van der Waals surface area contributed by atoms with Crippen LogP contribution in [0, 0.1) is 6.92 Å². The minimum Gasteiger partial charge on any atom is -0.495 e. The highest BCUT2D eigenvalue weighted by atomic mass is 32.2. The second kappa shape index (κ2) is 10.9. The molecular weight excluding hydrogens is 522 g/mol. The van der Waals surface area contributed by atoms with E-state index in [2.05, 4.69) is 20.6 Å². The van der Waals surface area contributed by atoms with E-state index in [0.717, 1.165) is 9.54 Å². The predicted octanol–water partition coefficient (Wildman–Crippen LogP) is 3.63. The monoisotopic (exact) mass is 553 g/mol. The van der Waals surface area contributed by atoms with Crippen molar-refractivity contribution in [3.05, 3.63) is 65.9 Å². The predicted molar refractivity (Wildman–Crippen MR) is 147 cm³/mol. The number of aromatic nitrogens is 3. The average Bonchev–Trinajstić information content (AvgIpc) is 3.33. The number of ether oxygens (including phenoxy) is 2. The molecule has 39 heavy (non-hydrogen) atoms. The van der Waals surface area contributed by atoms with Crippen molar-refractivity contribution in [3.8, 4) is 11.6 Å². The Morgan fingerprint density at radius 1 is 1.10 bits per heavy atom. The molecule has 0 aliphatic heterocycles. The number of rotatable bonds is 10. The average molecular weight is 554 g/mol. The van der Waals surface area contributed by atoms with Gasteiger partial charge in [0.15, 0.2) is 5.65 Å². The second-order valence-electron chi connectivity index (χ2n) is 9.49. The highest BCUT2D eigenvalue weighted by Gasteiger charge is 2.23. The minimum absolute atomic E-state index is 0.0718. The van der Waals surface area contributed by atoms with Gasteiger partial charge in [-0.05, 0) is 64.1 Å². The molecule has 2 aromatic carbocycles. The van der Waals surface area contributed by atoms with Crippen LogP contribution in [0.2, 0.25) is 0 Å². The lowest BCUT2D eigenvalue weighted by molar-refractivity contribution is 0.0694. The first-order chi connectivity index (χ1) is 18.4. The molecule has 0 radical (unpaired) electrons. The number of amides is 1. The number of methoxy groups -OCH3 is 1. The van der Waals surface area contributed by atoms with Crippen LogP contribution < -0.4 is 20.1 Å². The van der Waals surface area contributed by atoms with Crippen molar-refractivity contribution in [2.75, 3.05) is 25.6 Å². The van der Waals surface area contributed by atoms with E-state index >= 15 is 0 Å². The molecule has 4 aromatic rings. The number of nitrogens with one attached hydrogen (secondary N) is 2. The van der Waals surface area contributed by atoms with Gasteiger partial charge in [-0.3, -0.25) is 4.79 Å². The molecule has 1 amide bonds. The van der Waals surface area contributed by atoms with Crippen molar-refractivity contribution >= 4 is 38.6 Å². The third-order valence-electron chi connectivity index (χ3n) is 5.73. The molecule has 0 fully saturated rings. The van der Waals surface area contributed by atoms with Crippen LogP contribution in [0.3, 0.4) is 0 Å². The van der Waals surface area contributed by atoms with Crippen molar-refractivity contribution in [1.29, 1.82) is 0 Å². The zero-order valence-corrected chi connectivity index (χ0v) is 23.2. The molecule has 4 rings (SSSR count). The smallest absolute Gasteiger partial charge is 0.269 e. The lowest BCUT2D eigenvalue weighted by Gasteiger charge is -2.18. The van der Waals surface area contributed by atoms with E-state index in [0.29, 0.717) is 29.0 Å². The zero-order valence-electron chi connectivity index (χ0n) is 22.3. The van der Waals surface area contributed by atoms with Gasteiger partial charge in [0.2, 0.25) is 11.8 Å². The van der Waals surface area contributed by atoms with Gasteiger partial charge in [-0.15, -0.1) is 0 Å². The van der Waals surface area contributed by atoms with Gasteiger partial charge in [-0.2, -0.15) is 9.97 Å². The number of anilines is 2. The van der Waals surface area contributed by atoms with E-state index in [4.69, 9.17) is 9.47 Å². The Kier molecular flexibility index (Phi) is 7.79. The maximum Gasteiger partial charge on any atom is 0.269 e. The highest BCUT2D eigenvalue weighted by molar-refractivity contribution is 7.90. The van der Waals surface area contributed by atoms with Gasteiger partial charge in [-0.25, -0.2) is 12.4 Å². The number of aryl methyl sites for hydroxylation is 1. The summed E-state index contributed by atoms with van der Waals surface area (Å²) in [6.07, 6.45) is 1.42. The fourth-order valence-corrected chi connectivity index (χ4v) is 5.03. The first-order valence-corrected chi connectivity index (χ1v) is 13.7. The molecule has 11 nitrogen and oxygen atoms in total. The van der Waals surface area contributed by atoms with E-state index < -0.39 is 15.6 Å². The standard InChI is InChI=1S/C27H31N5O6S/c1-6-38-25-20-13-14-32(39(35,36)19-10-7-17(2)8-11-19)23(20)30-26(31-25)29-21-12-9-18(15-22(21)37-5)24(33)28-16-27(3,4)34/h7-15,34H,6,16H2,1-5H3,(H,28,33)(H,29,30,31). The zero-order chi connectivity index (χ0) is 28.4. The summed E-state index contributed by atoms with van der Waals surface area (Å²) in [5.41, 5.74) is 0.788. The van der Waals surface area contributed by atoms with Gasteiger partial charge in [0.05, 0.1) is 35.3 Å². The second-order valence-corrected chi connectivity index (χ2v) is 11.3. The van der Waals surface area contributed by atoms with Crippen LogP contribution in [0.1, 0.15) is 36.7 Å². The molecule has 0 aliphatic rings. The van der Waals surface area contributed by atoms with Gasteiger partial charge in [0.25, 0.3) is 15.9 Å². The van der Waals surface area contributed by atoms with Crippen LogP contribution >= 0.6 is 0 Å². The number of fused-ring (bicyclic) bond motifs is 1. The molecule has 0 bridgehead atoms. The fraction of sp³-hybridized carbons (Fsp3) is 0.296. The molecule has 0 spiro atoms. The van der Waals surface area contributed by atoms with Crippen molar-refractivity contribution in [3.63, 3.8) is 0 Å². The Bertz CT molecular complexity index is 1610. The van der Waals surface area contributed by atoms with E-state index in [1.807, 2.05) is 6.92 Å².